The summed E-state index contributed by atoms with van der Waals surface area (Å²) in [7, 11) is 0. The van der Waals surface area contributed by atoms with E-state index in [1.54, 1.807) is 0 Å². The largest absolute Gasteiger partial charge is 0.504 e. The number of rotatable bonds is 0. The molecule has 0 saturated heterocycles. The van der Waals surface area contributed by atoms with Crippen LogP contribution in [0.3, 0.4) is 0 Å². The molecule has 0 aliphatic carbocycles. The van der Waals surface area contributed by atoms with Crippen LogP contribution in [0.15, 0.2) is 12.1 Å². The van der Waals surface area contributed by atoms with Crippen LogP contribution in [0, 0.1) is 23.3 Å². The third kappa shape index (κ3) is 1.26. The van der Waals surface area contributed by atoms with Crippen molar-refractivity contribution in [2.24, 2.45) is 0 Å². The summed E-state index contributed by atoms with van der Waals surface area (Å²) in [5.74, 6) is -8.46. The van der Waals surface area contributed by atoms with Crippen molar-refractivity contribution in [3.8, 4) is 11.5 Å². The molecule has 0 fully saturated rings. The van der Waals surface area contributed by atoms with Gasteiger partial charge >= 0.3 is 0 Å². The molecule has 0 atom stereocenters. The molecule has 2 aromatic carbocycles. The topological polar surface area (TPSA) is 40.5 Å². The Kier molecular flexibility index (Phi) is 2.15. The maximum atomic E-state index is 12.9. The van der Waals surface area contributed by atoms with Gasteiger partial charge in [0.25, 0.3) is 0 Å². The van der Waals surface area contributed by atoms with Crippen LogP contribution in [-0.4, -0.2) is 10.2 Å². The number of hydrogen-bond donors (Lipinski definition) is 2. The van der Waals surface area contributed by atoms with Gasteiger partial charge in [-0.15, -0.1) is 0 Å². The first-order chi connectivity index (χ1) is 7.43. The van der Waals surface area contributed by atoms with Gasteiger partial charge in [0, 0.05) is 10.8 Å². The van der Waals surface area contributed by atoms with Crippen molar-refractivity contribution < 1.29 is 27.8 Å². The molecular formula is C10H4F4O2. The lowest BCUT2D eigenvalue weighted by Gasteiger charge is -2.06. The number of hydrogen-bond acceptors (Lipinski definition) is 2. The highest BCUT2D eigenvalue weighted by atomic mass is 19.2. The minimum Gasteiger partial charge on any atom is -0.504 e. The van der Waals surface area contributed by atoms with Gasteiger partial charge in [0.2, 0.25) is 11.6 Å². The number of benzene rings is 2. The number of halogens is 4. The highest BCUT2D eigenvalue weighted by molar-refractivity contribution is 5.93. The zero-order valence-electron chi connectivity index (χ0n) is 7.56. The molecule has 0 aliphatic rings. The van der Waals surface area contributed by atoms with Crippen LogP contribution in [0.2, 0.25) is 0 Å². The van der Waals surface area contributed by atoms with E-state index in [0.29, 0.717) is 12.1 Å². The van der Waals surface area contributed by atoms with E-state index in [1.165, 1.54) is 0 Å². The lowest BCUT2D eigenvalue weighted by atomic mass is 10.1. The number of phenols is 2. The van der Waals surface area contributed by atoms with Crippen molar-refractivity contribution in [1.82, 2.24) is 0 Å². The first-order valence-electron chi connectivity index (χ1n) is 4.11. The molecule has 2 nitrogen and oxygen atoms in total. The standard InChI is InChI=1S/C10H4F4O2/c11-5-1-3-4(10(16)7(5)13)2-6(12)8(14)9(3)15/h1-2,15-16H. The van der Waals surface area contributed by atoms with E-state index >= 15 is 0 Å². The minimum absolute atomic E-state index is 0.474. The second kappa shape index (κ2) is 3.26. The quantitative estimate of drug-likeness (QED) is 0.685. The zero-order valence-corrected chi connectivity index (χ0v) is 7.56. The number of fused-ring (bicyclic) bond motifs is 1. The lowest BCUT2D eigenvalue weighted by molar-refractivity contribution is 0.403. The van der Waals surface area contributed by atoms with Crippen molar-refractivity contribution in [1.29, 1.82) is 0 Å². The average molecular weight is 232 g/mol. The third-order valence-electron chi connectivity index (χ3n) is 2.18. The summed E-state index contributed by atoms with van der Waals surface area (Å²) in [6.45, 7) is 0. The molecule has 2 aromatic rings. The summed E-state index contributed by atoms with van der Waals surface area (Å²) in [5, 5.41) is 17.3. The van der Waals surface area contributed by atoms with Crippen molar-refractivity contribution in [2.45, 2.75) is 0 Å². The second-order valence-electron chi connectivity index (χ2n) is 3.14. The molecule has 0 heterocycles. The maximum absolute atomic E-state index is 12.9. The fourth-order valence-corrected chi connectivity index (χ4v) is 1.39. The van der Waals surface area contributed by atoms with Crippen LogP contribution in [0.1, 0.15) is 0 Å². The highest BCUT2D eigenvalue weighted by Gasteiger charge is 2.19. The van der Waals surface area contributed by atoms with Gasteiger partial charge in [-0.2, -0.15) is 8.78 Å². The molecule has 16 heavy (non-hydrogen) atoms. The maximum Gasteiger partial charge on any atom is 0.201 e. The van der Waals surface area contributed by atoms with E-state index in [-0.39, 0.29) is 0 Å². The van der Waals surface area contributed by atoms with E-state index in [0.717, 1.165) is 0 Å². The molecule has 2 rings (SSSR count). The van der Waals surface area contributed by atoms with Crippen LogP contribution in [-0.2, 0) is 0 Å². The Balaban J connectivity index is 3.02. The smallest absolute Gasteiger partial charge is 0.201 e. The zero-order chi connectivity index (χ0) is 12.0. The van der Waals surface area contributed by atoms with Crippen LogP contribution in [0.4, 0.5) is 17.6 Å². The Bertz CT molecular complexity index is 542. The third-order valence-corrected chi connectivity index (χ3v) is 2.18. The first-order valence-corrected chi connectivity index (χ1v) is 4.11. The summed E-state index contributed by atoms with van der Waals surface area (Å²) in [6.07, 6.45) is 0. The Morgan fingerprint density at radius 2 is 1.00 bits per heavy atom. The molecule has 6 heteroatoms. The van der Waals surface area contributed by atoms with Gasteiger partial charge < -0.3 is 10.2 Å². The average Bonchev–Trinajstić information content (AvgIpc) is 2.25. The van der Waals surface area contributed by atoms with Gasteiger partial charge in [0.05, 0.1) is 0 Å². The highest BCUT2D eigenvalue weighted by Crippen LogP contribution is 2.37. The molecule has 0 amide bonds. The van der Waals surface area contributed by atoms with E-state index in [9.17, 15) is 17.6 Å². The Morgan fingerprint density at radius 1 is 0.688 bits per heavy atom. The Hall–Kier alpha value is -1.98. The fourth-order valence-electron chi connectivity index (χ4n) is 1.39. The van der Waals surface area contributed by atoms with E-state index in [2.05, 4.69) is 0 Å². The van der Waals surface area contributed by atoms with E-state index in [1.807, 2.05) is 0 Å². The molecule has 0 aliphatic heterocycles. The van der Waals surface area contributed by atoms with E-state index < -0.39 is 45.5 Å². The molecule has 0 spiro atoms. The monoisotopic (exact) mass is 232 g/mol. The molecule has 84 valence electrons. The lowest BCUT2D eigenvalue weighted by Crippen LogP contribution is -1.91. The molecular weight excluding hydrogens is 228 g/mol. The Morgan fingerprint density at radius 3 is 1.31 bits per heavy atom. The number of aromatic hydroxyl groups is 2. The summed E-state index contributed by atoms with van der Waals surface area (Å²) < 4.78 is 51.5. The van der Waals surface area contributed by atoms with Crippen molar-refractivity contribution in [3.63, 3.8) is 0 Å². The molecule has 0 radical (unpaired) electrons. The van der Waals surface area contributed by atoms with E-state index in [4.69, 9.17) is 10.2 Å². The summed E-state index contributed by atoms with van der Waals surface area (Å²) in [4.78, 5) is 0. The van der Waals surface area contributed by atoms with Crippen molar-refractivity contribution in [2.75, 3.05) is 0 Å². The molecule has 0 unspecified atom stereocenters. The summed E-state index contributed by atoms with van der Waals surface area (Å²) in [5.41, 5.74) is 0. The summed E-state index contributed by atoms with van der Waals surface area (Å²) >= 11 is 0. The van der Waals surface area contributed by atoms with Crippen LogP contribution in [0.5, 0.6) is 11.5 Å². The molecule has 2 N–H and O–H groups in total. The van der Waals surface area contributed by atoms with Crippen LogP contribution >= 0.6 is 0 Å². The second-order valence-corrected chi connectivity index (χ2v) is 3.14. The van der Waals surface area contributed by atoms with Crippen molar-refractivity contribution in [3.05, 3.63) is 35.4 Å². The predicted octanol–water partition coefficient (Wildman–Crippen LogP) is 2.81. The molecule has 0 saturated carbocycles. The van der Waals surface area contributed by atoms with Gasteiger partial charge in [-0.3, -0.25) is 0 Å². The van der Waals surface area contributed by atoms with Crippen LogP contribution < -0.4 is 0 Å². The van der Waals surface area contributed by atoms with Crippen LogP contribution in [0.25, 0.3) is 10.8 Å². The van der Waals surface area contributed by atoms with Crippen molar-refractivity contribution >= 4 is 10.8 Å². The predicted molar refractivity (Wildman–Crippen MR) is 47.1 cm³/mol. The van der Waals surface area contributed by atoms with Gasteiger partial charge in [-0.25, -0.2) is 8.78 Å². The SMILES string of the molecule is Oc1c(F)c(F)cc2c(O)c(F)c(F)cc12. The van der Waals surface area contributed by atoms with Gasteiger partial charge in [-0.05, 0) is 12.1 Å². The first kappa shape index (κ1) is 10.5. The minimum atomic E-state index is -1.59. The molecule has 0 aromatic heterocycles. The summed E-state index contributed by atoms with van der Waals surface area (Å²) in [6, 6.07) is 0.949. The number of phenolic OH excluding ortho intramolecular Hbond substituents is 2. The fraction of sp³-hybridized carbons (Fsp3) is 0. The Labute approximate surface area is 86.4 Å². The van der Waals surface area contributed by atoms with Gasteiger partial charge in [0.1, 0.15) is 0 Å². The molecule has 0 bridgehead atoms. The normalized spacial score (nSPS) is 11.0. The van der Waals surface area contributed by atoms with Gasteiger partial charge in [-0.1, -0.05) is 0 Å². The van der Waals surface area contributed by atoms with Gasteiger partial charge in [0.15, 0.2) is 23.1 Å².